The minimum atomic E-state index is -4.37. The third-order valence-electron chi connectivity index (χ3n) is 2.58. The van der Waals surface area contributed by atoms with Crippen molar-refractivity contribution in [2.24, 2.45) is 5.84 Å². The molecule has 8 heteroatoms. The van der Waals surface area contributed by atoms with Crippen LogP contribution in [-0.4, -0.2) is 25.4 Å². The van der Waals surface area contributed by atoms with E-state index in [9.17, 15) is 22.0 Å². The quantitative estimate of drug-likeness (QED) is 0.351. The minimum Gasteiger partial charge on any atom is -0.372 e. The number of ether oxygens (including phenoxy) is 1. The third-order valence-corrected chi connectivity index (χ3v) is 2.58. The summed E-state index contributed by atoms with van der Waals surface area (Å²) >= 11 is 0. The van der Waals surface area contributed by atoms with Crippen molar-refractivity contribution in [3.05, 3.63) is 35.4 Å². The average molecular weight is 298 g/mol. The second kappa shape index (κ2) is 7.51. The maximum Gasteiger partial charge on any atom is 0.411 e. The average Bonchev–Trinajstić information content (AvgIpc) is 2.36. The van der Waals surface area contributed by atoms with Gasteiger partial charge in [-0.3, -0.25) is 11.3 Å². The van der Waals surface area contributed by atoms with E-state index in [0.29, 0.717) is 5.56 Å². The molecular weight excluding hydrogens is 283 g/mol. The van der Waals surface area contributed by atoms with Crippen molar-refractivity contribution in [3.63, 3.8) is 0 Å². The Morgan fingerprint density at radius 1 is 1.20 bits per heavy atom. The summed E-state index contributed by atoms with van der Waals surface area (Å²) in [6, 6.07) is 3.00. The first-order valence-corrected chi connectivity index (χ1v) is 5.86. The van der Waals surface area contributed by atoms with Crippen LogP contribution in [0.3, 0.4) is 0 Å². The van der Waals surface area contributed by atoms with Gasteiger partial charge in [-0.1, -0.05) is 6.07 Å². The molecular formula is C12H15F5N2O. The minimum absolute atomic E-state index is 0.141. The maximum absolute atomic E-state index is 13.0. The van der Waals surface area contributed by atoms with Gasteiger partial charge in [0.25, 0.3) is 0 Å². The molecule has 1 unspecified atom stereocenters. The zero-order valence-corrected chi connectivity index (χ0v) is 10.5. The van der Waals surface area contributed by atoms with E-state index in [-0.39, 0.29) is 19.4 Å². The molecule has 1 rings (SSSR count). The SMILES string of the molecule is NNC(CCOCC(F)(F)F)Cc1ccc(F)c(F)c1. The molecule has 1 aromatic rings. The molecule has 0 fully saturated rings. The largest absolute Gasteiger partial charge is 0.411 e. The van der Waals surface area contributed by atoms with Crippen LogP contribution in [0.1, 0.15) is 12.0 Å². The fourth-order valence-corrected chi connectivity index (χ4v) is 1.61. The van der Waals surface area contributed by atoms with Crippen LogP contribution in [0.2, 0.25) is 0 Å². The number of nitrogens with one attached hydrogen (secondary N) is 1. The fourth-order valence-electron chi connectivity index (χ4n) is 1.61. The molecule has 0 heterocycles. The molecule has 3 nitrogen and oxygen atoms in total. The molecule has 1 atom stereocenters. The highest BCUT2D eigenvalue weighted by Crippen LogP contribution is 2.15. The highest BCUT2D eigenvalue weighted by Gasteiger charge is 2.27. The van der Waals surface area contributed by atoms with Gasteiger partial charge >= 0.3 is 6.18 Å². The summed E-state index contributed by atoms with van der Waals surface area (Å²) in [6.45, 7) is -1.46. The van der Waals surface area contributed by atoms with E-state index in [1.165, 1.54) is 6.07 Å². The Labute approximate surface area is 112 Å². The van der Waals surface area contributed by atoms with Gasteiger partial charge in [-0.05, 0) is 30.5 Å². The summed E-state index contributed by atoms with van der Waals surface area (Å²) in [6.07, 6.45) is -3.90. The number of alkyl halides is 3. The van der Waals surface area contributed by atoms with Crippen molar-refractivity contribution in [3.8, 4) is 0 Å². The summed E-state index contributed by atoms with van der Waals surface area (Å²) in [7, 11) is 0. The van der Waals surface area contributed by atoms with Crippen molar-refractivity contribution >= 4 is 0 Å². The fraction of sp³-hybridized carbons (Fsp3) is 0.500. The lowest BCUT2D eigenvalue weighted by Crippen LogP contribution is -2.38. The first kappa shape index (κ1) is 16.8. The Bertz CT molecular complexity index is 425. The monoisotopic (exact) mass is 298 g/mol. The van der Waals surface area contributed by atoms with Gasteiger partial charge in [0.1, 0.15) is 6.61 Å². The molecule has 0 amide bonds. The molecule has 114 valence electrons. The second-order valence-corrected chi connectivity index (χ2v) is 4.27. The number of hydrazine groups is 1. The van der Waals surface area contributed by atoms with Gasteiger partial charge in [0.05, 0.1) is 0 Å². The van der Waals surface area contributed by atoms with Gasteiger partial charge < -0.3 is 4.74 Å². The summed E-state index contributed by atoms with van der Waals surface area (Å²) in [4.78, 5) is 0. The Balaban J connectivity index is 2.41. The first-order chi connectivity index (χ1) is 9.31. The lowest BCUT2D eigenvalue weighted by molar-refractivity contribution is -0.174. The van der Waals surface area contributed by atoms with Crippen molar-refractivity contribution in [1.29, 1.82) is 0 Å². The maximum atomic E-state index is 13.0. The summed E-state index contributed by atoms with van der Waals surface area (Å²) in [5.74, 6) is 3.32. The Morgan fingerprint density at radius 2 is 1.90 bits per heavy atom. The number of hydrogen-bond donors (Lipinski definition) is 2. The van der Waals surface area contributed by atoms with Crippen LogP contribution < -0.4 is 11.3 Å². The van der Waals surface area contributed by atoms with Crippen LogP contribution in [0, 0.1) is 11.6 Å². The van der Waals surface area contributed by atoms with E-state index in [4.69, 9.17) is 5.84 Å². The van der Waals surface area contributed by atoms with Gasteiger partial charge in [0.15, 0.2) is 11.6 Å². The smallest absolute Gasteiger partial charge is 0.372 e. The van der Waals surface area contributed by atoms with Gasteiger partial charge in [-0.2, -0.15) is 13.2 Å². The van der Waals surface area contributed by atoms with E-state index in [1.54, 1.807) is 0 Å². The first-order valence-electron chi connectivity index (χ1n) is 5.86. The zero-order valence-electron chi connectivity index (χ0n) is 10.5. The van der Waals surface area contributed by atoms with Crippen LogP contribution in [-0.2, 0) is 11.2 Å². The molecule has 0 saturated carbocycles. The van der Waals surface area contributed by atoms with E-state index >= 15 is 0 Å². The molecule has 0 bridgehead atoms. The third kappa shape index (κ3) is 6.27. The summed E-state index contributed by atoms with van der Waals surface area (Å²) in [5, 5.41) is 0. The molecule has 1 aromatic carbocycles. The van der Waals surface area contributed by atoms with Crippen LogP contribution in [0.5, 0.6) is 0 Å². The molecule has 0 radical (unpaired) electrons. The molecule has 20 heavy (non-hydrogen) atoms. The normalized spacial score (nSPS) is 13.5. The van der Waals surface area contributed by atoms with E-state index in [1.807, 2.05) is 0 Å². The van der Waals surface area contributed by atoms with Crippen LogP contribution in [0.15, 0.2) is 18.2 Å². The molecule has 0 aliphatic carbocycles. The van der Waals surface area contributed by atoms with Crippen molar-refractivity contribution in [2.75, 3.05) is 13.2 Å². The van der Waals surface area contributed by atoms with Crippen molar-refractivity contribution in [2.45, 2.75) is 25.1 Å². The topological polar surface area (TPSA) is 47.3 Å². The van der Waals surface area contributed by atoms with Gasteiger partial charge in [0.2, 0.25) is 0 Å². The number of benzene rings is 1. The van der Waals surface area contributed by atoms with E-state index in [0.717, 1.165) is 12.1 Å². The predicted octanol–water partition coefficient (Wildman–Crippen LogP) is 2.31. The molecule has 3 N–H and O–H groups in total. The number of rotatable bonds is 7. The molecule has 0 aliphatic heterocycles. The highest BCUT2D eigenvalue weighted by molar-refractivity contribution is 5.18. The van der Waals surface area contributed by atoms with Crippen molar-refractivity contribution in [1.82, 2.24) is 5.43 Å². The van der Waals surface area contributed by atoms with Gasteiger partial charge in [0, 0.05) is 12.6 Å². The lowest BCUT2D eigenvalue weighted by atomic mass is 10.0. The van der Waals surface area contributed by atoms with E-state index < -0.39 is 30.5 Å². The highest BCUT2D eigenvalue weighted by atomic mass is 19.4. The standard InChI is InChI=1S/C12H15F5N2O/c13-10-2-1-8(6-11(10)14)5-9(19-18)3-4-20-7-12(15,16)17/h1-2,6,9,19H,3-5,7,18H2. The Morgan fingerprint density at radius 3 is 2.45 bits per heavy atom. The number of nitrogens with two attached hydrogens (primary N) is 1. The van der Waals surface area contributed by atoms with Crippen LogP contribution >= 0.6 is 0 Å². The lowest BCUT2D eigenvalue weighted by Gasteiger charge is -2.16. The number of halogens is 5. The second-order valence-electron chi connectivity index (χ2n) is 4.27. The van der Waals surface area contributed by atoms with Gasteiger partial charge in [-0.15, -0.1) is 0 Å². The van der Waals surface area contributed by atoms with Crippen LogP contribution in [0.4, 0.5) is 22.0 Å². The van der Waals surface area contributed by atoms with Crippen molar-refractivity contribution < 1.29 is 26.7 Å². The molecule has 0 spiro atoms. The van der Waals surface area contributed by atoms with Crippen LogP contribution in [0.25, 0.3) is 0 Å². The van der Waals surface area contributed by atoms with Gasteiger partial charge in [-0.25, -0.2) is 8.78 Å². The summed E-state index contributed by atoms with van der Waals surface area (Å²) < 4.78 is 65.7. The predicted molar refractivity (Wildman–Crippen MR) is 62.7 cm³/mol. The molecule has 0 aromatic heterocycles. The Kier molecular flexibility index (Phi) is 6.31. The Hall–Kier alpha value is -1.25. The molecule has 0 aliphatic rings. The number of hydrogen-bond acceptors (Lipinski definition) is 3. The molecule has 0 saturated heterocycles. The van der Waals surface area contributed by atoms with E-state index in [2.05, 4.69) is 10.2 Å². The zero-order chi connectivity index (χ0) is 15.2. The summed E-state index contributed by atoms with van der Waals surface area (Å²) in [5.41, 5.74) is 2.89.